The lowest BCUT2D eigenvalue weighted by atomic mass is 10.1. The molecule has 1 rings (SSSR count). The van der Waals surface area contributed by atoms with Gasteiger partial charge in [0.1, 0.15) is 5.69 Å². The van der Waals surface area contributed by atoms with Gasteiger partial charge in [0.05, 0.1) is 6.61 Å². The molecule has 0 aromatic carbocycles. The molecule has 15 heavy (non-hydrogen) atoms. The van der Waals surface area contributed by atoms with Crippen LogP contribution in [0.15, 0.2) is 0 Å². The summed E-state index contributed by atoms with van der Waals surface area (Å²) < 4.78 is 5.37. The molecular formula is C9H17N5O. The molecule has 6 N–H and O–H groups in total. The first-order valence-electron chi connectivity index (χ1n) is 4.82. The number of hydrogen-bond acceptors (Lipinski definition) is 6. The zero-order valence-corrected chi connectivity index (χ0v) is 9.03. The summed E-state index contributed by atoms with van der Waals surface area (Å²) in [6, 6.07) is 0. The standard InChI is InChI=1S/C9H17N5O/c1-5(2)3-4-15-8-6(10)7(11)13-9(12)14-8/h5H,3-4,10H2,1-2H3,(H4,11,12,13,14). The lowest BCUT2D eigenvalue weighted by molar-refractivity contribution is 0.281. The molecule has 1 heterocycles. The lowest BCUT2D eigenvalue weighted by Gasteiger charge is -2.10. The van der Waals surface area contributed by atoms with Crippen LogP contribution in [0.3, 0.4) is 0 Å². The van der Waals surface area contributed by atoms with Crippen molar-refractivity contribution in [2.45, 2.75) is 20.3 Å². The molecule has 0 saturated heterocycles. The quantitative estimate of drug-likeness (QED) is 0.673. The van der Waals surface area contributed by atoms with E-state index in [-0.39, 0.29) is 23.3 Å². The maximum atomic E-state index is 5.64. The highest BCUT2D eigenvalue weighted by Gasteiger charge is 2.09. The zero-order valence-electron chi connectivity index (χ0n) is 9.03. The van der Waals surface area contributed by atoms with E-state index in [9.17, 15) is 0 Å². The van der Waals surface area contributed by atoms with E-state index in [4.69, 9.17) is 21.9 Å². The van der Waals surface area contributed by atoms with E-state index in [1.807, 2.05) is 0 Å². The molecule has 0 amide bonds. The second kappa shape index (κ2) is 4.68. The monoisotopic (exact) mass is 211 g/mol. The van der Waals surface area contributed by atoms with E-state index in [1.165, 1.54) is 0 Å². The Balaban J connectivity index is 2.68. The van der Waals surface area contributed by atoms with E-state index >= 15 is 0 Å². The van der Waals surface area contributed by atoms with Crippen molar-refractivity contribution in [2.24, 2.45) is 5.92 Å². The molecule has 0 atom stereocenters. The van der Waals surface area contributed by atoms with E-state index in [0.29, 0.717) is 12.5 Å². The summed E-state index contributed by atoms with van der Waals surface area (Å²) >= 11 is 0. The van der Waals surface area contributed by atoms with Gasteiger partial charge < -0.3 is 21.9 Å². The van der Waals surface area contributed by atoms with Crippen LogP contribution >= 0.6 is 0 Å². The van der Waals surface area contributed by atoms with Crippen LogP contribution in [0.5, 0.6) is 5.88 Å². The van der Waals surface area contributed by atoms with Crippen LogP contribution in [0.4, 0.5) is 17.5 Å². The van der Waals surface area contributed by atoms with Gasteiger partial charge in [-0.05, 0) is 12.3 Å². The van der Waals surface area contributed by atoms with Crippen molar-refractivity contribution in [3.8, 4) is 5.88 Å². The molecule has 0 saturated carbocycles. The van der Waals surface area contributed by atoms with Gasteiger partial charge in [-0.3, -0.25) is 0 Å². The Bertz CT molecular complexity index is 340. The molecule has 0 radical (unpaired) electrons. The summed E-state index contributed by atoms with van der Waals surface area (Å²) in [6.45, 7) is 4.75. The molecule has 0 fully saturated rings. The van der Waals surface area contributed by atoms with Gasteiger partial charge in [0.2, 0.25) is 11.8 Å². The Morgan fingerprint density at radius 1 is 1.20 bits per heavy atom. The largest absolute Gasteiger partial charge is 0.476 e. The van der Waals surface area contributed by atoms with Gasteiger partial charge in [-0.25, -0.2) is 0 Å². The maximum Gasteiger partial charge on any atom is 0.244 e. The average molecular weight is 211 g/mol. The van der Waals surface area contributed by atoms with Crippen molar-refractivity contribution in [3.05, 3.63) is 0 Å². The molecule has 0 aliphatic carbocycles. The SMILES string of the molecule is CC(C)CCOc1nc(N)nc(N)c1N. The first-order chi connectivity index (χ1) is 7.00. The molecule has 0 unspecified atom stereocenters. The molecule has 0 bridgehead atoms. The Labute approximate surface area is 88.8 Å². The summed E-state index contributed by atoms with van der Waals surface area (Å²) in [4.78, 5) is 7.59. The third-order valence-corrected chi connectivity index (χ3v) is 1.89. The highest BCUT2D eigenvalue weighted by Crippen LogP contribution is 2.24. The summed E-state index contributed by atoms with van der Waals surface area (Å²) in [5, 5.41) is 0. The first-order valence-corrected chi connectivity index (χ1v) is 4.82. The van der Waals surface area contributed by atoms with Gasteiger partial charge in [0.15, 0.2) is 5.82 Å². The van der Waals surface area contributed by atoms with Gasteiger partial charge in [-0.15, -0.1) is 0 Å². The van der Waals surface area contributed by atoms with Crippen molar-refractivity contribution < 1.29 is 4.74 Å². The molecule has 84 valence electrons. The normalized spacial score (nSPS) is 10.6. The van der Waals surface area contributed by atoms with Crippen LogP contribution in [0.25, 0.3) is 0 Å². The van der Waals surface area contributed by atoms with Crippen molar-refractivity contribution >= 4 is 17.5 Å². The summed E-state index contributed by atoms with van der Waals surface area (Å²) in [5.41, 5.74) is 16.8. The number of ether oxygens (including phenoxy) is 1. The van der Waals surface area contributed by atoms with Crippen molar-refractivity contribution in [2.75, 3.05) is 23.8 Å². The van der Waals surface area contributed by atoms with Gasteiger partial charge in [-0.1, -0.05) is 13.8 Å². The summed E-state index contributed by atoms with van der Waals surface area (Å²) in [7, 11) is 0. The second-order valence-corrected chi connectivity index (χ2v) is 3.72. The average Bonchev–Trinajstić information content (AvgIpc) is 2.12. The van der Waals surface area contributed by atoms with Gasteiger partial charge in [0, 0.05) is 0 Å². The second-order valence-electron chi connectivity index (χ2n) is 3.72. The topological polar surface area (TPSA) is 113 Å². The smallest absolute Gasteiger partial charge is 0.244 e. The van der Waals surface area contributed by atoms with E-state index in [2.05, 4.69) is 23.8 Å². The van der Waals surface area contributed by atoms with E-state index in [1.54, 1.807) is 0 Å². The van der Waals surface area contributed by atoms with Gasteiger partial charge in [-0.2, -0.15) is 9.97 Å². The maximum absolute atomic E-state index is 5.64. The zero-order chi connectivity index (χ0) is 11.4. The fraction of sp³-hybridized carbons (Fsp3) is 0.556. The number of aromatic nitrogens is 2. The van der Waals surface area contributed by atoms with Crippen molar-refractivity contribution in [1.29, 1.82) is 0 Å². The molecule has 6 heteroatoms. The van der Waals surface area contributed by atoms with Crippen molar-refractivity contribution in [1.82, 2.24) is 9.97 Å². The lowest BCUT2D eigenvalue weighted by Crippen LogP contribution is -2.09. The van der Waals surface area contributed by atoms with Gasteiger partial charge in [0.25, 0.3) is 0 Å². The van der Waals surface area contributed by atoms with E-state index in [0.717, 1.165) is 6.42 Å². The minimum Gasteiger partial charge on any atom is -0.476 e. The van der Waals surface area contributed by atoms with Crippen LogP contribution in [0.2, 0.25) is 0 Å². The minimum atomic E-state index is 0.0706. The third-order valence-electron chi connectivity index (χ3n) is 1.89. The molecule has 0 spiro atoms. The van der Waals surface area contributed by atoms with E-state index < -0.39 is 0 Å². The molecular weight excluding hydrogens is 194 g/mol. The van der Waals surface area contributed by atoms with Crippen LogP contribution < -0.4 is 21.9 Å². The number of hydrogen-bond donors (Lipinski definition) is 3. The predicted molar refractivity (Wildman–Crippen MR) is 60.2 cm³/mol. The molecule has 0 aliphatic heterocycles. The predicted octanol–water partition coefficient (Wildman–Crippen LogP) is 0.648. The third kappa shape index (κ3) is 3.16. The van der Waals surface area contributed by atoms with Gasteiger partial charge >= 0.3 is 0 Å². The number of rotatable bonds is 4. The highest BCUT2D eigenvalue weighted by molar-refractivity contribution is 5.65. The number of nitrogens with zero attached hydrogens (tertiary/aromatic N) is 2. The van der Waals surface area contributed by atoms with Crippen LogP contribution in [-0.4, -0.2) is 16.6 Å². The number of nitrogen functional groups attached to an aromatic ring is 3. The van der Waals surface area contributed by atoms with Crippen molar-refractivity contribution in [3.63, 3.8) is 0 Å². The fourth-order valence-electron chi connectivity index (χ4n) is 0.984. The summed E-state index contributed by atoms with van der Waals surface area (Å²) in [6.07, 6.45) is 0.920. The molecule has 1 aromatic heterocycles. The van der Waals surface area contributed by atoms with Crippen LogP contribution in [-0.2, 0) is 0 Å². The Kier molecular flexibility index (Phi) is 3.54. The Hall–Kier alpha value is -1.72. The Morgan fingerprint density at radius 3 is 2.47 bits per heavy atom. The minimum absolute atomic E-state index is 0.0706. The first kappa shape index (κ1) is 11.4. The van der Waals surface area contributed by atoms with Crippen LogP contribution in [0, 0.1) is 5.92 Å². The Morgan fingerprint density at radius 2 is 1.87 bits per heavy atom. The highest BCUT2D eigenvalue weighted by atomic mass is 16.5. The number of anilines is 3. The molecule has 6 nitrogen and oxygen atoms in total. The molecule has 0 aliphatic rings. The van der Waals surface area contributed by atoms with Crippen LogP contribution in [0.1, 0.15) is 20.3 Å². The number of nitrogens with two attached hydrogens (primary N) is 3. The fourth-order valence-corrected chi connectivity index (χ4v) is 0.984. The summed E-state index contributed by atoms with van der Waals surface area (Å²) in [5.74, 6) is 1.05. The molecule has 1 aromatic rings.